The molecule has 0 aromatic heterocycles. The van der Waals surface area contributed by atoms with Crippen LogP contribution in [0.1, 0.15) is 19.4 Å². The fraction of sp³-hybridized carbons (Fsp3) is 0.333. The molecule has 0 radical (unpaired) electrons. The highest BCUT2D eigenvalue weighted by molar-refractivity contribution is 9.09. The predicted octanol–water partition coefficient (Wildman–Crippen LogP) is 4.26. The van der Waals surface area contributed by atoms with Gasteiger partial charge in [-0.15, -0.1) is 0 Å². The Morgan fingerprint density at radius 2 is 1.93 bits per heavy atom. The van der Waals surface area contributed by atoms with Crippen LogP contribution in [0, 0.1) is 11.7 Å². The third-order valence-corrected chi connectivity index (χ3v) is 2.77. The summed E-state index contributed by atoms with van der Waals surface area (Å²) < 4.78 is 12.6. The van der Waals surface area contributed by atoms with E-state index in [0.717, 1.165) is 10.9 Å². The van der Waals surface area contributed by atoms with Crippen molar-refractivity contribution >= 4 is 22.0 Å². The van der Waals surface area contributed by atoms with Crippen molar-refractivity contribution in [1.29, 1.82) is 0 Å². The van der Waals surface area contributed by atoms with Gasteiger partial charge in [0.1, 0.15) is 5.82 Å². The molecule has 0 fully saturated rings. The number of alkyl halides is 1. The van der Waals surface area contributed by atoms with Gasteiger partial charge in [0.15, 0.2) is 0 Å². The average molecular weight is 257 g/mol. The zero-order valence-corrected chi connectivity index (χ0v) is 10.0. The van der Waals surface area contributed by atoms with Gasteiger partial charge in [-0.3, -0.25) is 0 Å². The van der Waals surface area contributed by atoms with E-state index in [-0.39, 0.29) is 5.82 Å². The van der Waals surface area contributed by atoms with Crippen LogP contribution in [-0.4, -0.2) is 5.33 Å². The molecule has 0 aliphatic carbocycles. The molecule has 76 valence electrons. The molecule has 0 amide bonds. The lowest BCUT2D eigenvalue weighted by Crippen LogP contribution is -1.94. The Morgan fingerprint density at radius 1 is 1.36 bits per heavy atom. The molecule has 0 spiro atoms. The first-order chi connectivity index (χ1) is 6.63. The molecule has 14 heavy (non-hydrogen) atoms. The van der Waals surface area contributed by atoms with Crippen molar-refractivity contribution in [3.05, 3.63) is 41.2 Å². The van der Waals surface area contributed by atoms with E-state index in [9.17, 15) is 4.39 Å². The van der Waals surface area contributed by atoms with E-state index in [0.29, 0.717) is 5.92 Å². The highest BCUT2D eigenvalue weighted by Gasteiger charge is 2.01. The smallest absolute Gasteiger partial charge is 0.123 e. The van der Waals surface area contributed by atoms with Crippen LogP contribution in [0.2, 0.25) is 0 Å². The van der Waals surface area contributed by atoms with Gasteiger partial charge in [-0.05, 0) is 23.6 Å². The van der Waals surface area contributed by atoms with Gasteiger partial charge < -0.3 is 0 Å². The zero-order chi connectivity index (χ0) is 10.6. The van der Waals surface area contributed by atoms with E-state index in [1.165, 1.54) is 17.7 Å². The van der Waals surface area contributed by atoms with Crippen LogP contribution in [0.5, 0.6) is 0 Å². The first-order valence-corrected chi connectivity index (χ1v) is 5.77. The standard InChI is InChI=1S/C12H14BrF/c1-9(2)11(8-13)7-10-3-5-12(14)6-4-10/h3-7,9H,8H2,1-2H3/b11-7+. The molecule has 0 N–H and O–H groups in total. The Balaban J connectivity index is 2.89. The SMILES string of the molecule is CC(C)/C(=C/c1ccc(F)cc1)CBr. The largest absolute Gasteiger partial charge is 0.207 e. The first-order valence-electron chi connectivity index (χ1n) is 4.65. The first kappa shape index (κ1) is 11.4. The van der Waals surface area contributed by atoms with E-state index >= 15 is 0 Å². The van der Waals surface area contributed by atoms with Gasteiger partial charge in [0.25, 0.3) is 0 Å². The van der Waals surface area contributed by atoms with Gasteiger partial charge in [-0.1, -0.05) is 53.6 Å². The maximum atomic E-state index is 12.6. The Morgan fingerprint density at radius 3 is 2.36 bits per heavy atom. The van der Waals surface area contributed by atoms with Crippen molar-refractivity contribution in [3.8, 4) is 0 Å². The maximum absolute atomic E-state index is 12.6. The molecule has 0 atom stereocenters. The van der Waals surface area contributed by atoms with Crippen LogP contribution in [0.15, 0.2) is 29.8 Å². The number of allylic oxidation sites excluding steroid dienone is 1. The number of halogens is 2. The molecule has 0 saturated heterocycles. The summed E-state index contributed by atoms with van der Waals surface area (Å²) in [6.07, 6.45) is 2.10. The topological polar surface area (TPSA) is 0 Å². The van der Waals surface area contributed by atoms with Gasteiger partial charge in [0, 0.05) is 5.33 Å². The zero-order valence-electron chi connectivity index (χ0n) is 8.43. The third-order valence-electron chi connectivity index (χ3n) is 2.12. The van der Waals surface area contributed by atoms with Crippen LogP contribution in [0.4, 0.5) is 4.39 Å². The summed E-state index contributed by atoms with van der Waals surface area (Å²) in [5, 5.41) is 0.863. The second-order valence-electron chi connectivity index (χ2n) is 3.56. The molecule has 0 aliphatic rings. The number of hydrogen-bond acceptors (Lipinski definition) is 0. The summed E-state index contributed by atoms with van der Waals surface area (Å²) >= 11 is 3.45. The van der Waals surface area contributed by atoms with Crippen LogP contribution in [0.3, 0.4) is 0 Å². The summed E-state index contributed by atoms with van der Waals surface area (Å²) in [6.45, 7) is 4.30. The summed E-state index contributed by atoms with van der Waals surface area (Å²) in [6, 6.07) is 6.55. The Bertz CT molecular complexity index is 312. The lowest BCUT2D eigenvalue weighted by atomic mass is 10.0. The van der Waals surface area contributed by atoms with Gasteiger partial charge in [-0.25, -0.2) is 4.39 Å². The van der Waals surface area contributed by atoms with Crippen molar-refractivity contribution in [2.45, 2.75) is 13.8 Å². The Hall–Kier alpha value is -0.630. The average Bonchev–Trinajstić information content (AvgIpc) is 2.16. The highest BCUT2D eigenvalue weighted by Crippen LogP contribution is 2.17. The minimum absolute atomic E-state index is 0.188. The molecule has 1 aromatic carbocycles. The number of rotatable bonds is 3. The fourth-order valence-electron chi connectivity index (χ4n) is 1.13. The van der Waals surface area contributed by atoms with Gasteiger partial charge in [0.05, 0.1) is 0 Å². The summed E-state index contributed by atoms with van der Waals surface area (Å²) in [4.78, 5) is 0. The maximum Gasteiger partial charge on any atom is 0.123 e. The molecule has 0 bridgehead atoms. The second kappa shape index (κ2) is 5.30. The van der Waals surface area contributed by atoms with Crippen molar-refractivity contribution in [2.75, 3.05) is 5.33 Å². The normalized spacial score (nSPS) is 12.2. The fourth-order valence-corrected chi connectivity index (χ4v) is 1.94. The predicted molar refractivity (Wildman–Crippen MR) is 63.0 cm³/mol. The molecular formula is C12H14BrF. The van der Waals surface area contributed by atoms with Crippen LogP contribution < -0.4 is 0 Å². The quantitative estimate of drug-likeness (QED) is 0.710. The minimum Gasteiger partial charge on any atom is -0.207 e. The van der Waals surface area contributed by atoms with Crippen molar-refractivity contribution in [3.63, 3.8) is 0 Å². The lowest BCUT2D eigenvalue weighted by Gasteiger charge is -2.07. The molecule has 2 heteroatoms. The van der Waals surface area contributed by atoms with Crippen LogP contribution in [0.25, 0.3) is 6.08 Å². The molecule has 0 aliphatic heterocycles. The van der Waals surface area contributed by atoms with Crippen molar-refractivity contribution in [2.24, 2.45) is 5.92 Å². The van der Waals surface area contributed by atoms with E-state index in [2.05, 4.69) is 35.9 Å². The molecule has 0 unspecified atom stereocenters. The highest BCUT2D eigenvalue weighted by atomic mass is 79.9. The van der Waals surface area contributed by atoms with Crippen molar-refractivity contribution < 1.29 is 4.39 Å². The molecule has 1 rings (SSSR count). The van der Waals surface area contributed by atoms with E-state index in [1.54, 1.807) is 12.1 Å². The van der Waals surface area contributed by atoms with Gasteiger partial charge in [-0.2, -0.15) is 0 Å². The molecule has 0 heterocycles. The number of hydrogen-bond donors (Lipinski definition) is 0. The summed E-state index contributed by atoms with van der Waals surface area (Å²) in [5.74, 6) is 0.325. The van der Waals surface area contributed by atoms with Gasteiger partial charge in [0.2, 0.25) is 0 Å². The lowest BCUT2D eigenvalue weighted by molar-refractivity contribution is 0.627. The van der Waals surface area contributed by atoms with Crippen LogP contribution in [-0.2, 0) is 0 Å². The molecule has 0 nitrogen and oxygen atoms in total. The monoisotopic (exact) mass is 256 g/mol. The molecule has 1 aromatic rings. The summed E-state index contributed by atoms with van der Waals surface area (Å²) in [5.41, 5.74) is 2.37. The minimum atomic E-state index is -0.188. The van der Waals surface area contributed by atoms with E-state index in [4.69, 9.17) is 0 Å². The molecule has 0 saturated carbocycles. The Labute approximate surface area is 93.0 Å². The Kier molecular flexibility index (Phi) is 4.33. The summed E-state index contributed by atoms with van der Waals surface area (Å²) in [7, 11) is 0. The molecular weight excluding hydrogens is 243 g/mol. The second-order valence-corrected chi connectivity index (χ2v) is 4.12. The van der Waals surface area contributed by atoms with Crippen molar-refractivity contribution in [1.82, 2.24) is 0 Å². The van der Waals surface area contributed by atoms with E-state index in [1.807, 2.05) is 0 Å². The van der Waals surface area contributed by atoms with Crippen LogP contribution >= 0.6 is 15.9 Å². The van der Waals surface area contributed by atoms with Gasteiger partial charge >= 0.3 is 0 Å². The number of benzene rings is 1. The van der Waals surface area contributed by atoms with E-state index < -0.39 is 0 Å². The third kappa shape index (κ3) is 3.26.